The van der Waals surface area contributed by atoms with Crippen molar-refractivity contribution in [3.05, 3.63) is 71.1 Å². The van der Waals surface area contributed by atoms with Gasteiger partial charge in [0.1, 0.15) is 5.75 Å². The molecular formula is C27H34N2O4S. The van der Waals surface area contributed by atoms with Crippen LogP contribution in [-0.4, -0.2) is 50.3 Å². The first kappa shape index (κ1) is 24.5. The molecule has 7 heteroatoms. The number of hydrogen-bond acceptors (Lipinski definition) is 4. The van der Waals surface area contributed by atoms with Crippen molar-refractivity contribution >= 4 is 22.0 Å². The summed E-state index contributed by atoms with van der Waals surface area (Å²) in [6, 6.07) is 17.5. The number of ether oxygens (including phenoxy) is 1. The number of benzene rings is 2. The second-order valence-corrected chi connectivity index (χ2v) is 10.9. The molecule has 0 saturated carbocycles. The number of amides is 1. The van der Waals surface area contributed by atoms with E-state index in [1.807, 2.05) is 42.5 Å². The van der Waals surface area contributed by atoms with E-state index in [0.717, 1.165) is 49.1 Å². The van der Waals surface area contributed by atoms with Gasteiger partial charge in [0.25, 0.3) is 0 Å². The summed E-state index contributed by atoms with van der Waals surface area (Å²) >= 11 is 0. The minimum absolute atomic E-state index is 0.0662. The van der Waals surface area contributed by atoms with Crippen molar-refractivity contribution in [3.8, 4) is 5.75 Å². The molecule has 1 atom stereocenters. The second kappa shape index (κ2) is 11.2. The van der Waals surface area contributed by atoms with Crippen LogP contribution in [0.15, 0.2) is 60.0 Å². The quantitative estimate of drug-likeness (QED) is 0.590. The Hall–Kier alpha value is -2.64. The maximum Gasteiger partial charge on any atom is 0.236 e. The van der Waals surface area contributed by atoms with Crippen LogP contribution in [0.3, 0.4) is 0 Å². The summed E-state index contributed by atoms with van der Waals surface area (Å²) in [5.41, 5.74) is 1.99. The zero-order chi connectivity index (χ0) is 24.0. The van der Waals surface area contributed by atoms with Gasteiger partial charge in [0, 0.05) is 31.0 Å². The van der Waals surface area contributed by atoms with Crippen molar-refractivity contribution in [3.63, 3.8) is 0 Å². The molecule has 6 nitrogen and oxygen atoms in total. The van der Waals surface area contributed by atoms with Crippen LogP contribution in [0.5, 0.6) is 5.75 Å². The lowest BCUT2D eigenvalue weighted by molar-refractivity contribution is -0.139. The minimum atomic E-state index is -3.51. The molecule has 2 aliphatic rings. The minimum Gasteiger partial charge on any atom is -0.497 e. The summed E-state index contributed by atoms with van der Waals surface area (Å²) in [6.07, 6.45) is 6.94. The zero-order valence-corrected chi connectivity index (χ0v) is 20.6. The number of carbonyl (C=O) groups is 1. The topological polar surface area (TPSA) is 66.9 Å². The van der Waals surface area contributed by atoms with Gasteiger partial charge in [-0.15, -0.1) is 0 Å². The van der Waals surface area contributed by atoms with Crippen LogP contribution >= 0.6 is 0 Å². The zero-order valence-electron chi connectivity index (χ0n) is 19.8. The van der Waals surface area contributed by atoms with Gasteiger partial charge in [-0.25, -0.2) is 8.42 Å². The van der Waals surface area contributed by atoms with Crippen molar-refractivity contribution < 1.29 is 17.9 Å². The molecule has 0 radical (unpaired) electrons. The number of rotatable bonds is 6. The first-order valence-corrected chi connectivity index (χ1v) is 13.7. The highest BCUT2D eigenvalue weighted by atomic mass is 32.2. The average Bonchev–Trinajstić information content (AvgIpc) is 3.14. The smallest absolute Gasteiger partial charge is 0.236 e. The van der Waals surface area contributed by atoms with Crippen LogP contribution in [0.1, 0.15) is 55.7 Å². The standard InChI is InChI=1S/C27H34N2O4S/c1-33-25-13-11-23(12-14-25)26-10-6-3-7-18-29(26)27(30)24-15-19-28(20-16-24)34(31,32)21-17-22-8-4-2-5-9-22/h2,4-5,8-9,11-14,17,21,24,26H,3,6-7,10,15-16,18-20H2,1H3/b21-17+. The summed E-state index contributed by atoms with van der Waals surface area (Å²) in [5, 5.41) is 1.28. The van der Waals surface area contributed by atoms with Crippen LogP contribution in [0.4, 0.5) is 0 Å². The molecule has 2 aliphatic heterocycles. The van der Waals surface area contributed by atoms with Crippen LogP contribution in [0, 0.1) is 5.92 Å². The highest BCUT2D eigenvalue weighted by Crippen LogP contribution is 2.34. The van der Waals surface area contributed by atoms with Gasteiger partial charge in [0.2, 0.25) is 15.9 Å². The van der Waals surface area contributed by atoms with Crippen molar-refractivity contribution in [1.82, 2.24) is 9.21 Å². The van der Waals surface area contributed by atoms with Crippen LogP contribution in [0.25, 0.3) is 6.08 Å². The summed E-state index contributed by atoms with van der Waals surface area (Å²) in [4.78, 5) is 15.7. The molecule has 182 valence electrons. The molecule has 2 heterocycles. The van der Waals surface area contributed by atoms with E-state index in [4.69, 9.17) is 4.74 Å². The molecule has 1 unspecified atom stereocenters. The Balaban J connectivity index is 1.41. The molecule has 0 spiro atoms. The van der Waals surface area contributed by atoms with E-state index in [1.54, 1.807) is 13.2 Å². The van der Waals surface area contributed by atoms with Crippen molar-refractivity contribution in [2.45, 2.75) is 44.6 Å². The summed E-state index contributed by atoms with van der Waals surface area (Å²) < 4.78 is 32.4. The van der Waals surface area contributed by atoms with Gasteiger partial charge in [-0.2, -0.15) is 4.31 Å². The normalized spacial score (nSPS) is 20.9. The van der Waals surface area contributed by atoms with E-state index >= 15 is 0 Å². The lowest BCUT2D eigenvalue weighted by Gasteiger charge is -2.36. The molecule has 0 aromatic heterocycles. The van der Waals surface area contributed by atoms with E-state index in [9.17, 15) is 13.2 Å². The number of nitrogens with zero attached hydrogens (tertiary/aromatic N) is 2. The van der Waals surface area contributed by atoms with E-state index in [-0.39, 0.29) is 17.9 Å². The number of methoxy groups -OCH3 is 1. The Bertz CT molecular complexity index is 1080. The molecule has 2 saturated heterocycles. The van der Waals surface area contributed by atoms with E-state index in [1.165, 1.54) is 9.71 Å². The predicted octanol–water partition coefficient (Wildman–Crippen LogP) is 4.85. The Morgan fingerprint density at radius 2 is 1.62 bits per heavy atom. The number of piperidine rings is 1. The lowest BCUT2D eigenvalue weighted by Crippen LogP contribution is -2.45. The van der Waals surface area contributed by atoms with Gasteiger partial charge >= 0.3 is 0 Å². The highest BCUT2D eigenvalue weighted by Gasteiger charge is 2.35. The maximum absolute atomic E-state index is 13.6. The fraction of sp³-hybridized carbons (Fsp3) is 0.444. The van der Waals surface area contributed by atoms with Gasteiger partial charge < -0.3 is 9.64 Å². The number of carbonyl (C=O) groups excluding carboxylic acids is 1. The Morgan fingerprint density at radius 1 is 0.912 bits per heavy atom. The summed E-state index contributed by atoms with van der Waals surface area (Å²) in [7, 11) is -1.85. The second-order valence-electron chi connectivity index (χ2n) is 9.10. The largest absolute Gasteiger partial charge is 0.497 e. The van der Waals surface area contributed by atoms with Gasteiger partial charge in [0.15, 0.2) is 0 Å². The van der Waals surface area contributed by atoms with Crippen molar-refractivity contribution in [2.75, 3.05) is 26.7 Å². The van der Waals surface area contributed by atoms with Crippen molar-refractivity contribution in [1.29, 1.82) is 0 Å². The van der Waals surface area contributed by atoms with Gasteiger partial charge in [-0.1, -0.05) is 55.3 Å². The third kappa shape index (κ3) is 5.88. The molecule has 2 aromatic carbocycles. The summed E-state index contributed by atoms with van der Waals surface area (Å²) in [5.74, 6) is 0.841. The molecular weight excluding hydrogens is 448 g/mol. The Kier molecular flexibility index (Phi) is 8.06. The lowest BCUT2D eigenvalue weighted by atomic mass is 9.94. The van der Waals surface area contributed by atoms with Gasteiger partial charge in [0.05, 0.1) is 13.2 Å². The first-order chi connectivity index (χ1) is 16.5. The summed E-state index contributed by atoms with van der Waals surface area (Å²) in [6.45, 7) is 1.51. The van der Waals surface area contributed by atoms with Gasteiger partial charge in [-0.3, -0.25) is 4.79 Å². The molecule has 34 heavy (non-hydrogen) atoms. The van der Waals surface area contributed by atoms with E-state index in [0.29, 0.717) is 25.9 Å². The highest BCUT2D eigenvalue weighted by molar-refractivity contribution is 7.92. The molecule has 0 bridgehead atoms. The predicted molar refractivity (Wildman–Crippen MR) is 135 cm³/mol. The van der Waals surface area contributed by atoms with Crippen LogP contribution < -0.4 is 4.74 Å². The van der Waals surface area contributed by atoms with E-state index < -0.39 is 10.0 Å². The fourth-order valence-corrected chi connectivity index (χ4v) is 6.17. The number of hydrogen-bond donors (Lipinski definition) is 0. The molecule has 4 rings (SSSR count). The fourth-order valence-electron chi connectivity index (χ4n) is 4.95. The molecule has 0 N–H and O–H groups in total. The van der Waals surface area contributed by atoms with Crippen LogP contribution in [-0.2, 0) is 14.8 Å². The number of likely N-dealkylation sites (tertiary alicyclic amines) is 1. The maximum atomic E-state index is 13.6. The molecule has 0 aliphatic carbocycles. The SMILES string of the molecule is COc1ccc(C2CCCCCN2C(=O)C2CCN(S(=O)(=O)/C=C/c3ccccc3)CC2)cc1. The molecule has 1 amide bonds. The Labute approximate surface area is 203 Å². The van der Waals surface area contributed by atoms with Crippen LogP contribution in [0.2, 0.25) is 0 Å². The molecule has 2 fully saturated rings. The average molecular weight is 483 g/mol. The third-order valence-corrected chi connectivity index (χ3v) is 8.50. The Morgan fingerprint density at radius 3 is 2.29 bits per heavy atom. The first-order valence-electron chi connectivity index (χ1n) is 12.2. The number of sulfonamides is 1. The third-order valence-electron chi connectivity index (χ3n) is 6.93. The van der Waals surface area contributed by atoms with Gasteiger partial charge in [-0.05, 0) is 55.0 Å². The van der Waals surface area contributed by atoms with E-state index in [2.05, 4.69) is 17.0 Å². The monoisotopic (exact) mass is 482 g/mol. The van der Waals surface area contributed by atoms with Crippen molar-refractivity contribution in [2.24, 2.45) is 5.92 Å². The molecule has 2 aromatic rings.